The molecule has 1 unspecified atom stereocenters. The smallest absolute Gasteiger partial charge is 0.274 e. The van der Waals surface area contributed by atoms with Gasteiger partial charge in [0.1, 0.15) is 5.69 Å². The van der Waals surface area contributed by atoms with Crippen LogP contribution < -0.4 is 10.2 Å². The number of carbonyl (C=O) groups excluding carboxylic acids is 1. The number of pyridine rings is 1. The Balaban J connectivity index is 1.25. The highest BCUT2D eigenvalue weighted by atomic mass is 32.1. The molecule has 2 saturated heterocycles. The van der Waals surface area contributed by atoms with Crippen LogP contribution in [0.25, 0.3) is 0 Å². The van der Waals surface area contributed by atoms with Gasteiger partial charge in [-0.15, -0.1) is 11.3 Å². The number of aryl methyl sites for hydroxylation is 1. The third kappa shape index (κ3) is 4.96. The van der Waals surface area contributed by atoms with E-state index in [9.17, 15) is 4.79 Å². The van der Waals surface area contributed by atoms with Crippen molar-refractivity contribution in [2.24, 2.45) is 5.92 Å². The second-order valence-electron chi connectivity index (χ2n) is 8.85. The maximum atomic E-state index is 13.0. The molecule has 0 bridgehead atoms. The number of aromatic nitrogens is 3. The molecule has 1 amide bonds. The summed E-state index contributed by atoms with van der Waals surface area (Å²) in [5, 5.41) is 5.76. The van der Waals surface area contributed by atoms with Gasteiger partial charge >= 0.3 is 0 Å². The van der Waals surface area contributed by atoms with E-state index >= 15 is 0 Å². The Kier molecular flexibility index (Phi) is 6.73. The number of anilines is 2. The van der Waals surface area contributed by atoms with Crippen molar-refractivity contribution in [1.29, 1.82) is 0 Å². The fourth-order valence-electron chi connectivity index (χ4n) is 4.82. The third-order valence-corrected chi connectivity index (χ3v) is 7.47. The van der Waals surface area contributed by atoms with Gasteiger partial charge in [0.25, 0.3) is 5.91 Å². The summed E-state index contributed by atoms with van der Waals surface area (Å²) in [5.41, 5.74) is 3.95. The molecule has 2 aliphatic rings. The van der Waals surface area contributed by atoms with Crippen molar-refractivity contribution in [2.45, 2.75) is 51.6 Å². The van der Waals surface area contributed by atoms with E-state index < -0.39 is 0 Å². The van der Waals surface area contributed by atoms with E-state index in [1.54, 1.807) is 0 Å². The average Bonchev–Trinajstić information content (AvgIpc) is 3.60. The summed E-state index contributed by atoms with van der Waals surface area (Å²) in [5.74, 6) is 0.453. The number of nitrogens with one attached hydrogen (secondary N) is 1. The molecule has 3 aromatic heterocycles. The highest BCUT2D eigenvalue weighted by Gasteiger charge is 2.29. The summed E-state index contributed by atoms with van der Waals surface area (Å²) in [6, 6.07) is 8.31. The predicted octanol–water partition coefficient (Wildman–Crippen LogP) is 4.92. The largest absolute Gasteiger partial charge is 0.381 e. The van der Waals surface area contributed by atoms with Gasteiger partial charge in [0.2, 0.25) is 0 Å². The van der Waals surface area contributed by atoms with Crippen molar-refractivity contribution in [3.05, 3.63) is 59.1 Å². The lowest BCUT2D eigenvalue weighted by Crippen LogP contribution is -2.24. The van der Waals surface area contributed by atoms with Crippen LogP contribution in [0.4, 0.5) is 10.8 Å². The number of ether oxygens (including phenoxy) is 1. The first-order chi connectivity index (χ1) is 16.2. The Bertz CT molecular complexity index is 1070. The Morgan fingerprint density at radius 3 is 2.91 bits per heavy atom. The Hall–Kier alpha value is -2.71. The van der Waals surface area contributed by atoms with Crippen molar-refractivity contribution in [1.82, 2.24) is 14.5 Å². The fraction of sp³-hybridized carbons (Fsp3) is 0.480. The van der Waals surface area contributed by atoms with Crippen LogP contribution in [0.5, 0.6) is 0 Å². The molecule has 0 saturated carbocycles. The van der Waals surface area contributed by atoms with Gasteiger partial charge in [0.15, 0.2) is 5.13 Å². The SMILES string of the molecule is CCc1ccc(N2CCCC2c2csc(NC(=O)c3cccn3CC3CCOCC3)n2)cn1. The zero-order chi connectivity index (χ0) is 22.6. The zero-order valence-corrected chi connectivity index (χ0v) is 19.9. The number of carbonyl (C=O) groups is 1. The molecule has 2 aliphatic heterocycles. The molecule has 8 heteroatoms. The molecule has 7 nitrogen and oxygen atoms in total. The summed E-state index contributed by atoms with van der Waals surface area (Å²) in [6.07, 6.45) is 9.18. The normalized spacial score (nSPS) is 19.2. The van der Waals surface area contributed by atoms with Gasteiger partial charge in [-0.1, -0.05) is 6.92 Å². The minimum absolute atomic E-state index is 0.101. The Labute approximate surface area is 198 Å². The number of rotatable bonds is 7. The van der Waals surface area contributed by atoms with Crippen LogP contribution in [-0.4, -0.2) is 40.2 Å². The minimum Gasteiger partial charge on any atom is -0.381 e. The van der Waals surface area contributed by atoms with E-state index in [0.717, 1.165) is 75.5 Å². The van der Waals surface area contributed by atoms with E-state index in [-0.39, 0.29) is 11.9 Å². The monoisotopic (exact) mass is 465 g/mol. The van der Waals surface area contributed by atoms with Gasteiger partial charge in [-0.3, -0.25) is 15.1 Å². The van der Waals surface area contributed by atoms with Crippen LogP contribution in [0.15, 0.2) is 42.0 Å². The molecular weight excluding hydrogens is 434 g/mol. The van der Waals surface area contributed by atoms with Crippen LogP contribution in [0.3, 0.4) is 0 Å². The topological polar surface area (TPSA) is 72.3 Å². The lowest BCUT2D eigenvalue weighted by atomic mass is 10.0. The molecule has 5 rings (SSSR count). The molecule has 1 atom stereocenters. The van der Waals surface area contributed by atoms with Gasteiger partial charge in [-0.2, -0.15) is 0 Å². The van der Waals surface area contributed by atoms with E-state index in [1.807, 2.05) is 24.5 Å². The second kappa shape index (κ2) is 10.1. The van der Waals surface area contributed by atoms with Crippen molar-refractivity contribution in [2.75, 3.05) is 30.0 Å². The lowest BCUT2D eigenvalue weighted by molar-refractivity contribution is 0.0610. The summed E-state index contributed by atoms with van der Waals surface area (Å²) in [6.45, 7) is 5.59. The molecule has 3 aromatic rings. The zero-order valence-electron chi connectivity index (χ0n) is 19.1. The molecular formula is C25H31N5O2S. The number of thiazole rings is 1. The summed E-state index contributed by atoms with van der Waals surface area (Å²) in [4.78, 5) is 24.7. The highest BCUT2D eigenvalue weighted by Crippen LogP contribution is 2.37. The molecule has 0 radical (unpaired) electrons. The first kappa shape index (κ1) is 22.1. The van der Waals surface area contributed by atoms with E-state index in [4.69, 9.17) is 9.72 Å². The standard InChI is InChI=1S/C25H31N5O2S/c1-2-19-7-8-20(15-26-19)30-12-4-5-22(30)21-17-33-25(27-21)28-24(31)23-6-3-11-29(23)16-18-9-13-32-14-10-18/h3,6-8,11,15,17-18,22H,2,4-5,9-10,12-14,16H2,1H3,(H,27,28,31). The average molecular weight is 466 g/mol. The summed E-state index contributed by atoms with van der Waals surface area (Å²) < 4.78 is 7.52. The maximum absolute atomic E-state index is 13.0. The number of amides is 1. The van der Waals surface area contributed by atoms with Crippen molar-refractivity contribution in [3.63, 3.8) is 0 Å². The predicted molar refractivity (Wildman–Crippen MR) is 131 cm³/mol. The van der Waals surface area contributed by atoms with Crippen molar-refractivity contribution >= 4 is 28.1 Å². The number of hydrogen-bond donors (Lipinski definition) is 1. The summed E-state index contributed by atoms with van der Waals surface area (Å²) in [7, 11) is 0. The van der Waals surface area contributed by atoms with Crippen LogP contribution in [-0.2, 0) is 17.7 Å². The molecule has 1 N–H and O–H groups in total. The number of nitrogens with zero attached hydrogens (tertiary/aromatic N) is 4. The summed E-state index contributed by atoms with van der Waals surface area (Å²) >= 11 is 1.50. The highest BCUT2D eigenvalue weighted by molar-refractivity contribution is 7.14. The molecule has 0 aliphatic carbocycles. The number of hydrogen-bond acceptors (Lipinski definition) is 6. The van der Waals surface area contributed by atoms with Crippen LogP contribution in [0, 0.1) is 5.92 Å². The van der Waals surface area contributed by atoms with E-state index in [0.29, 0.717) is 16.7 Å². The van der Waals surface area contributed by atoms with Crippen LogP contribution >= 0.6 is 11.3 Å². The van der Waals surface area contributed by atoms with E-state index in [1.165, 1.54) is 11.3 Å². The third-order valence-electron chi connectivity index (χ3n) is 6.70. The Morgan fingerprint density at radius 1 is 1.24 bits per heavy atom. The lowest BCUT2D eigenvalue weighted by Gasteiger charge is -2.25. The first-order valence-corrected chi connectivity index (χ1v) is 12.8. The van der Waals surface area contributed by atoms with Crippen molar-refractivity contribution < 1.29 is 9.53 Å². The fourth-order valence-corrected chi connectivity index (χ4v) is 5.58. The van der Waals surface area contributed by atoms with Gasteiger partial charge in [-0.25, -0.2) is 4.98 Å². The molecule has 0 spiro atoms. The van der Waals surface area contributed by atoms with Gasteiger partial charge in [0, 0.05) is 43.6 Å². The van der Waals surface area contributed by atoms with E-state index in [2.05, 4.69) is 44.2 Å². The Morgan fingerprint density at radius 2 is 2.12 bits per heavy atom. The van der Waals surface area contributed by atoms with Crippen LogP contribution in [0.2, 0.25) is 0 Å². The van der Waals surface area contributed by atoms with Gasteiger partial charge in [0.05, 0.1) is 23.6 Å². The van der Waals surface area contributed by atoms with Gasteiger partial charge in [-0.05, 0) is 62.3 Å². The quantitative estimate of drug-likeness (QED) is 0.536. The minimum atomic E-state index is -0.101. The van der Waals surface area contributed by atoms with Crippen LogP contribution in [0.1, 0.15) is 60.5 Å². The van der Waals surface area contributed by atoms with Crippen molar-refractivity contribution in [3.8, 4) is 0 Å². The molecule has 33 heavy (non-hydrogen) atoms. The molecule has 5 heterocycles. The van der Waals surface area contributed by atoms with Gasteiger partial charge < -0.3 is 14.2 Å². The molecule has 2 fully saturated rings. The first-order valence-electron chi connectivity index (χ1n) is 11.9. The molecule has 174 valence electrons. The maximum Gasteiger partial charge on any atom is 0.274 e. The molecule has 0 aromatic carbocycles. The second-order valence-corrected chi connectivity index (χ2v) is 9.70.